The highest BCUT2D eigenvalue weighted by atomic mass is 127. The minimum atomic E-state index is 0.886. The maximum Gasteiger partial charge on any atom is 0.167 e. The van der Waals surface area contributed by atoms with Crippen molar-refractivity contribution in [2.45, 2.75) is 0 Å². The number of hydrogen-bond acceptors (Lipinski definition) is 3. The van der Waals surface area contributed by atoms with E-state index in [1.807, 2.05) is 0 Å². The van der Waals surface area contributed by atoms with Crippen LogP contribution in [0.4, 0.5) is 0 Å². The Labute approximate surface area is 82.5 Å². The van der Waals surface area contributed by atoms with Crippen LogP contribution in [0.3, 0.4) is 0 Å². The topological polar surface area (TPSA) is 41.6 Å². The van der Waals surface area contributed by atoms with Gasteiger partial charge >= 0.3 is 0 Å². The fraction of sp³-hybridized carbons (Fsp3) is 0. The zero-order chi connectivity index (χ0) is 7.14. The van der Waals surface area contributed by atoms with E-state index in [9.17, 15) is 0 Å². The van der Waals surface area contributed by atoms with Gasteiger partial charge in [0.05, 0.1) is 0 Å². The van der Waals surface area contributed by atoms with Crippen LogP contribution in [0.25, 0.3) is 10.3 Å². The summed E-state index contributed by atoms with van der Waals surface area (Å²) in [6.07, 6.45) is 0. The molecule has 2 heterocycles. The van der Waals surface area contributed by atoms with Crippen molar-refractivity contribution in [1.29, 1.82) is 0 Å². The SMILES string of the molecule is Brc1nc2c(I)[nH]nc2s1. The first kappa shape index (κ1) is 6.99. The molecule has 52 valence electrons. The van der Waals surface area contributed by atoms with E-state index < -0.39 is 0 Å². The van der Waals surface area contributed by atoms with Crippen LogP contribution in [0.15, 0.2) is 3.92 Å². The molecule has 0 aromatic carbocycles. The van der Waals surface area contributed by atoms with Gasteiger partial charge in [-0.05, 0) is 38.5 Å². The summed E-state index contributed by atoms with van der Waals surface area (Å²) in [5, 5.41) is 6.88. The summed E-state index contributed by atoms with van der Waals surface area (Å²) in [4.78, 5) is 5.16. The summed E-state index contributed by atoms with van der Waals surface area (Å²) in [5.74, 6) is 0. The number of nitrogens with one attached hydrogen (secondary N) is 1. The number of fused-ring (bicyclic) bond motifs is 1. The van der Waals surface area contributed by atoms with Crippen LogP contribution in [0.1, 0.15) is 0 Å². The minimum absolute atomic E-state index is 0.886. The van der Waals surface area contributed by atoms with Crippen molar-refractivity contribution in [1.82, 2.24) is 15.2 Å². The second-order valence-corrected chi connectivity index (χ2v) is 4.99. The molecule has 0 radical (unpaired) electrons. The maximum absolute atomic E-state index is 4.21. The first-order valence-electron chi connectivity index (χ1n) is 2.43. The maximum atomic E-state index is 4.21. The summed E-state index contributed by atoms with van der Waals surface area (Å²) in [7, 11) is 0. The molecule has 0 fully saturated rings. The molecule has 0 saturated heterocycles. The van der Waals surface area contributed by atoms with Gasteiger partial charge in [0.15, 0.2) is 8.75 Å². The van der Waals surface area contributed by atoms with Crippen LogP contribution >= 0.6 is 49.9 Å². The van der Waals surface area contributed by atoms with Crippen LogP contribution < -0.4 is 0 Å². The number of aromatic nitrogens is 3. The first-order chi connectivity index (χ1) is 4.77. The molecule has 0 aliphatic rings. The molecule has 2 rings (SSSR count). The van der Waals surface area contributed by atoms with Crippen molar-refractivity contribution in [2.75, 3.05) is 0 Å². The predicted molar refractivity (Wildman–Crippen MR) is 52.2 cm³/mol. The Kier molecular flexibility index (Phi) is 1.69. The van der Waals surface area contributed by atoms with Crippen molar-refractivity contribution >= 4 is 60.2 Å². The third kappa shape index (κ3) is 0.978. The normalized spacial score (nSPS) is 11.0. The number of hydrogen-bond donors (Lipinski definition) is 1. The van der Waals surface area contributed by atoms with Gasteiger partial charge in [0.2, 0.25) is 0 Å². The number of rotatable bonds is 0. The van der Waals surface area contributed by atoms with Crippen LogP contribution in [0.5, 0.6) is 0 Å². The summed E-state index contributed by atoms with van der Waals surface area (Å²) < 4.78 is 1.88. The Hall–Kier alpha value is 0.310. The fourth-order valence-electron chi connectivity index (χ4n) is 0.658. The largest absolute Gasteiger partial charge is 0.269 e. The molecular weight excluding hydrogens is 329 g/mol. The van der Waals surface area contributed by atoms with E-state index in [-0.39, 0.29) is 0 Å². The summed E-state index contributed by atoms with van der Waals surface area (Å²) in [6.45, 7) is 0. The average Bonchev–Trinajstić information content (AvgIpc) is 2.35. The standard InChI is InChI=1S/C4HBrIN3S/c5-4-7-1-2(6)8-9-3(1)10-4/h(H,8,9). The Morgan fingerprint density at radius 2 is 2.40 bits per heavy atom. The van der Waals surface area contributed by atoms with E-state index in [1.54, 1.807) is 0 Å². The molecule has 1 N–H and O–H groups in total. The van der Waals surface area contributed by atoms with Crippen LogP contribution in [-0.4, -0.2) is 15.2 Å². The lowest BCUT2D eigenvalue weighted by Crippen LogP contribution is -1.70. The lowest BCUT2D eigenvalue weighted by atomic mass is 10.7. The highest BCUT2D eigenvalue weighted by molar-refractivity contribution is 14.1. The smallest absolute Gasteiger partial charge is 0.167 e. The van der Waals surface area contributed by atoms with Gasteiger partial charge in [-0.25, -0.2) is 4.98 Å². The lowest BCUT2D eigenvalue weighted by molar-refractivity contribution is 1.10. The number of nitrogens with zero attached hydrogens (tertiary/aromatic N) is 2. The van der Waals surface area contributed by atoms with E-state index in [1.165, 1.54) is 11.3 Å². The summed E-state index contributed by atoms with van der Waals surface area (Å²) in [5.41, 5.74) is 0.956. The lowest BCUT2D eigenvalue weighted by Gasteiger charge is -1.74. The molecular formula is C4HBrIN3S. The zero-order valence-electron chi connectivity index (χ0n) is 4.56. The molecule has 0 aliphatic heterocycles. The molecule has 0 amide bonds. The summed E-state index contributed by atoms with van der Waals surface area (Å²) >= 11 is 6.99. The van der Waals surface area contributed by atoms with Crippen molar-refractivity contribution in [3.05, 3.63) is 7.62 Å². The minimum Gasteiger partial charge on any atom is -0.269 e. The van der Waals surface area contributed by atoms with E-state index >= 15 is 0 Å². The van der Waals surface area contributed by atoms with Gasteiger partial charge in [-0.2, -0.15) is 5.10 Å². The third-order valence-corrected chi connectivity index (χ3v) is 3.20. The van der Waals surface area contributed by atoms with Crippen molar-refractivity contribution in [2.24, 2.45) is 0 Å². The average molecular weight is 330 g/mol. The molecule has 0 bridgehead atoms. The molecule has 6 heteroatoms. The van der Waals surface area contributed by atoms with Gasteiger partial charge in [0, 0.05) is 0 Å². The zero-order valence-corrected chi connectivity index (χ0v) is 9.12. The van der Waals surface area contributed by atoms with Crippen LogP contribution in [-0.2, 0) is 0 Å². The van der Waals surface area contributed by atoms with E-state index in [0.29, 0.717) is 0 Å². The van der Waals surface area contributed by atoms with Gasteiger partial charge in [-0.15, -0.1) is 0 Å². The monoisotopic (exact) mass is 329 g/mol. The molecule has 0 atom stereocenters. The third-order valence-electron chi connectivity index (χ3n) is 1.05. The van der Waals surface area contributed by atoms with Crippen LogP contribution in [0, 0.1) is 3.70 Å². The van der Waals surface area contributed by atoms with Crippen LogP contribution in [0.2, 0.25) is 0 Å². The molecule has 0 aliphatic carbocycles. The van der Waals surface area contributed by atoms with E-state index in [2.05, 4.69) is 53.7 Å². The molecule has 2 aromatic heterocycles. The Morgan fingerprint density at radius 1 is 1.60 bits per heavy atom. The Morgan fingerprint density at radius 3 is 3.10 bits per heavy atom. The Balaban J connectivity index is 2.90. The Bertz CT molecular complexity index is 367. The highest BCUT2D eigenvalue weighted by Crippen LogP contribution is 2.26. The quantitative estimate of drug-likeness (QED) is 0.754. The van der Waals surface area contributed by atoms with E-state index in [0.717, 1.165) is 18.0 Å². The molecule has 2 aromatic rings. The fourth-order valence-corrected chi connectivity index (χ4v) is 2.61. The van der Waals surface area contributed by atoms with Crippen molar-refractivity contribution in [3.8, 4) is 0 Å². The van der Waals surface area contributed by atoms with Gasteiger partial charge in [0.25, 0.3) is 0 Å². The van der Waals surface area contributed by atoms with Gasteiger partial charge in [-0.1, -0.05) is 11.3 Å². The van der Waals surface area contributed by atoms with Gasteiger partial charge in [0.1, 0.15) is 9.22 Å². The second kappa shape index (κ2) is 2.42. The molecule has 0 spiro atoms. The number of H-pyrrole nitrogens is 1. The molecule has 10 heavy (non-hydrogen) atoms. The van der Waals surface area contributed by atoms with Crippen molar-refractivity contribution in [3.63, 3.8) is 0 Å². The first-order valence-corrected chi connectivity index (χ1v) is 5.12. The second-order valence-electron chi connectivity index (χ2n) is 1.66. The number of halogens is 2. The van der Waals surface area contributed by atoms with Gasteiger partial charge < -0.3 is 0 Å². The molecule has 3 nitrogen and oxygen atoms in total. The van der Waals surface area contributed by atoms with Crippen molar-refractivity contribution < 1.29 is 0 Å². The molecule has 0 saturated carbocycles. The highest BCUT2D eigenvalue weighted by Gasteiger charge is 2.06. The predicted octanol–water partition coefficient (Wildman–Crippen LogP) is 2.39. The van der Waals surface area contributed by atoms with Gasteiger partial charge in [-0.3, -0.25) is 5.10 Å². The summed E-state index contributed by atoms with van der Waals surface area (Å²) in [6, 6.07) is 0. The number of aromatic amines is 1. The van der Waals surface area contributed by atoms with E-state index in [4.69, 9.17) is 0 Å². The number of thiazole rings is 1. The molecule has 0 unspecified atom stereocenters.